The maximum atomic E-state index is 13.5. The number of hydrogen-bond donors (Lipinski definition) is 2. The van der Waals surface area contributed by atoms with E-state index in [9.17, 15) is 19.5 Å². The van der Waals surface area contributed by atoms with E-state index in [2.05, 4.69) is 26.1 Å². The fourth-order valence-electron chi connectivity index (χ4n) is 4.59. The fourth-order valence-corrected chi connectivity index (χ4v) is 4.76. The number of aliphatic hydroxyl groups is 1. The molecule has 2 amide bonds. The fraction of sp³-hybridized carbons (Fsp3) is 0.258. The Balaban J connectivity index is 1.92. The highest BCUT2D eigenvalue weighted by atomic mass is 35.5. The first-order valence-electron chi connectivity index (χ1n) is 12.6. The highest BCUT2D eigenvalue weighted by Gasteiger charge is 2.47. The van der Waals surface area contributed by atoms with Gasteiger partial charge in [0.05, 0.1) is 23.2 Å². The molecule has 1 aliphatic heterocycles. The van der Waals surface area contributed by atoms with Crippen molar-refractivity contribution in [1.29, 1.82) is 0 Å². The van der Waals surface area contributed by atoms with Crippen molar-refractivity contribution in [2.45, 2.75) is 46.1 Å². The van der Waals surface area contributed by atoms with Gasteiger partial charge in [-0.2, -0.15) is 0 Å². The van der Waals surface area contributed by atoms with Crippen LogP contribution in [0.3, 0.4) is 0 Å². The average molecular weight is 547 g/mol. The van der Waals surface area contributed by atoms with E-state index in [1.165, 1.54) is 11.8 Å². The van der Waals surface area contributed by atoms with E-state index in [1.54, 1.807) is 42.5 Å². The van der Waals surface area contributed by atoms with Gasteiger partial charge in [0.25, 0.3) is 11.7 Å². The summed E-state index contributed by atoms with van der Waals surface area (Å²) in [6, 6.07) is 18.1. The number of anilines is 2. The highest BCUT2D eigenvalue weighted by molar-refractivity contribution is 6.51. The zero-order valence-electron chi connectivity index (χ0n) is 22.5. The number of rotatable bonds is 6. The molecule has 2 N–H and O–H groups in total. The van der Waals surface area contributed by atoms with Gasteiger partial charge in [-0.25, -0.2) is 0 Å². The number of halogens is 1. The molecule has 0 radical (unpaired) electrons. The summed E-state index contributed by atoms with van der Waals surface area (Å²) in [5.41, 5.74) is 2.73. The number of aliphatic hydroxyl groups excluding tert-OH is 1. The lowest BCUT2D eigenvalue weighted by atomic mass is 9.85. The van der Waals surface area contributed by atoms with E-state index in [-0.39, 0.29) is 22.7 Å². The van der Waals surface area contributed by atoms with Crippen LogP contribution in [0.25, 0.3) is 5.76 Å². The monoisotopic (exact) mass is 546 g/mol. The van der Waals surface area contributed by atoms with E-state index in [0.29, 0.717) is 39.9 Å². The van der Waals surface area contributed by atoms with Crippen LogP contribution in [0.1, 0.15) is 57.4 Å². The number of ether oxygens (including phenoxy) is 1. The predicted octanol–water partition coefficient (Wildman–Crippen LogP) is 6.62. The van der Waals surface area contributed by atoms with E-state index >= 15 is 0 Å². The molecule has 8 heteroatoms. The van der Waals surface area contributed by atoms with Crippen LogP contribution in [-0.2, 0) is 19.8 Å². The first-order valence-corrected chi connectivity index (χ1v) is 13.0. The second-order valence-corrected chi connectivity index (χ2v) is 10.8. The Morgan fingerprint density at radius 1 is 1.05 bits per heavy atom. The summed E-state index contributed by atoms with van der Waals surface area (Å²) >= 11 is 6.24. The van der Waals surface area contributed by atoms with Gasteiger partial charge in [0.2, 0.25) is 5.91 Å². The summed E-state index contributed by atoms with van der Waals surface area (Å²) < 4.78 is 5.57. The van der Waals surface area contributed by atoms with Gasteiger partial charge >= 0.3 is 0 Å². The molecule has 0 aromatic heterocycles. The van der Waals surface area contributed by atoms with E-state index in [1.807, 2.05) is 31.2 Å². The number of benzene rings is 3. The van der Waals surface area contributed by atoms with Crippen LogP contribution in [-0.4, -0.2) is 29.3 Å². The van der Waals surface area contributed by atoms with Crippen LogP contribution in [0.15, 0.2) is 72.3 Å². The molecule has 0 spiro atoms. The molecule has 1 atom stereocenters. The molecule has 1 unspecified atom stereocenters. The van der Waals surface area contributed by atoms with Gasteiger partial charge in [0.15, 0.2) is 0 Å². The highest BCUT2D eigenvalue weighted by Crippen LogP contribution is 2.43. The van der Waals surface area contributed by atoms with E-state index in [4.69, 9.17) is 16.3 Å². The van der Waals surface area contributed by atoms with Crippen LogP contribution in [0.4, 0.5) is 11.4 Å². The maximum Gasteiger partial charge on any atom is 0.300 e. The van der Waals surface area contributed by atoms with Crippen molar-refractivity contribution in [1.82, 2.24) is 0 Å². The molecule has 0 saturated carbocycles. The summed E-state index contributed by atoms with van der Waals surface area (Å²) in [7, 11) is 0. The molecule has 39 heavy (non-hydrogen) atoms. The van der Waals surface area contributed by atoms with Crippen molar-refractivity contribution in [3.05, 3.63) is 94.0 Å². The molecule has 3 aromatic carbocycles. The average Bonchev–Trinajstić information content (AvgIpc) is 3.14. The number of hydrogen-bond acceptors (Lipinski definition) is 5. The molecule has 1 fully saturated rings. The van der Waals surface area contributed by atoms with Gasteiger partial charge in [0, 0.05) is 23.9 Å². The molecule has 4 rings (SSSR count). The van der Waals surface area contributed by atoms with Crippen molar-refractivity contribution in [2.24, 2.45) is 0 Å². The second kappa shape index (κ2) is 10.9. The Kier molecular flexibility index (Phi) is 7.84. The summed E-state index contributed by atoms with van der Waals surface area (Å²) in [4.78, 5) is 40.0. The van der Waals surface area contributed by atoms with Crippen LogP contribution >= 0.6 is 11.6 Å². The Bertz CT molecular complexity index is 1470. The lowest BCUT2D eigenvalue weighted by Gasteiger charge is -2.27. The number of amides is 2. The molecule has 0 aliphatic carbocycles. The third-order valence-corrected chi connectivity index (χ3v) is 6.80. The summed E-state index contributed by atoms with van der Waals surface area (Å²) in [6.07, 6.45) is 0. The molecular formula is C31H31ClN2O5. The zero-order chi connectivity index (χ0) is 28.5. The first-order chi connectivity index (χ1) is 18.4. The number of Topliss-reactive ketones (excluding diaryl/α,β-unsaturated/α-hetero) is 1. The van der Waals surface area contributed by atoms with Crippen LogP contribution in [0.5, 0.6) is 5.75 Å². The maximum absolute atomic E-state index is 13.5. The molecule has 1 heterocycles. The van der Waals surface area contributed by atoms with Crippen LogP contribution in [0, 0.1) is 0 Å². The Morgan fingerprint density at radius 3 is 2.36 bits per heavy atom. The lowest BCUT2D eigenvalue weighted by Crippen LogP contribution is -2.29. The minimum absolute atomic E-state index is 0.0572. The Morgan fingerprint density at radius 2 is 1.74 bits per heavy atom. The molecule has 0 bridgehead atoms. The van der Waals surface area contributed by atoms with Gasteiger partial charge in [-0.15, -0.1) is 0 Å². The molecule has 3 aromatic rings. The zero-order valence-corrected chi connectivity index (χ0v) is 23.3. The first kappa shape index (κ1) is 27.9. The number of carbonyl (C=O) groups is 3. The van der Waals surface area contributed by atoms with Crippen molar-refractivity contribution in [2.75, 3.05) is 16.8 Å². The normalized spacial score (nSPS) is 16.9. The Hall–Kier alpha value is -4.10. The molecule has 202 valence electrons. The quantitative estimate of drug-likeness (QED) is 0.206. The van der Waals surface area contributed by atoms with Gasteiger partial charge in [-0.3, -0.25) is 19.3 Å². The molecular weight excluding hydrogens is 516 g/mol. The third-order valence-electron chi connectivity index (χ3n) is 6.49. The minimum atomic E-state index is -0.919. The summed E-state index contributed by atoms with van der Waals surface area (Å²) in [5.74, 6) is -1.87. The van der Waals surface area contributed by atoms with E-state index < -0.39 is 17.7 Å². The van der Waals surface area contributed by atoms with Gasteiger partial charge in [-0.05, 0) is 59.9 Å². The number of nitrogens with one attached hydrogen (secondary N) is 1. The molecule has 1 aliphatic rings. The smallest absolute Gasteiger partial charge is 0.300 e. The third kappa shape index (κ3) is 5.68. The number of nitrogens with zero attached hydrogens (tertiary/aromatic N) is 1. The standard InChI is InChI=1S/C31H31ClN2O5/c1-6-39-25-16-20(12-15-24(25)32)28(36)26-27(19-10-13-21(14-11-19)31(3,4)5)34(30(38)29(26)37)23-9-7-8-22(17-23)33-18(2)35/h7-17,27,36H,6H2,1-5H3,(H,33,35)/b28-26+. The van der Waals surface area contributed by atoms with Gasteiger partial charge in [0.1, 0.15) is 11.5 Å². The van der Waals surface area contributed by atoms with Crippen LogP contribution < -0.4 is 15.0 Å². The second-order valence-electron chi connectivity index (χ2n) is 10.4. The number of ketones is 1. The van der Waals surface area contributed by atoms with Crippen molar-refractivity contribution < 1.29 is 24.2 Å². The van der Waals surface area contributed by atoms with Crippen LogP contribution in [0.2, 0.25) is 5.02 Å². The van der Waals surface area contributed by atoms with Crippen molar-refractivity contribution >= 4 is 46.3 Å². The van der Waals surface area contributed by atoms with E-state index in [0.717, 1.165) is 5.56 Å². The Labute approximate surface area is 233 Å². The number of carbonyl (C=O) groups excluding carboxylic acids is 3. The molecule has 7 nitrogen and oxygen atoms in total. The SMILES string of the molecule is CCOc1cc(/C(O)=C2\C(=O)C(=O)N(c3cccc(NC(C)=O)c3)C2c2ccc(C(C)(C)C)cc2)ccc1Cl. The predicted molar refractivity (Wildman–Crippen MR) is 153 cm³/mol. The molecule has 1 saturated heterocycles. The topological polar surface area (TPSA) is 95.9 Å². The largest absolute Gasteiger partial charge is 0.507 e. The minimum Gasteiger partial charge on any atom is -0.507 e. The van der Waals surface area contributed by atoms with Gasteiger partial charge < -0.3 is 15.2 Å². The lowest BCUT2D eigenvalue weighted by molar-refractivity contribution is -0.132. The summed E-state index contributed by atoms with van der Waals surface area (Å²) in [5, 5.41) is 14.5. The summed E-state index contributed by atoms with van der Waals surface area (Å²) in [6.45, 7) is 9.84. The van der Waals surface area contributed by atoms with Gasteiger partial charge in [-0.1, -0.05) is 62.7 Å². The van der Waals surface area contributed by atoms with Crippen molar-refractivity contribution in [3.8, 4) is 5.75 Å². The van der Waals surface area contributed by atoms with Crippen molar-refractivity contribution in [3.63, 3.8) is 0 Å².